The minimum atomic E-state index is -0.635. The fourth-order valence-electron chi connectivity index (χ4n) is 5.17. The van der Waals surface area contributed by atoms with E-state index in [1.54, 1.807) is 23.8 Å². The van der Waals surface area contributed by atoms with E-state index in [9.17, 15) is 20.0 Å². The van der Waals surface area contributed by atoms with Crippen LogP contribution in [0.15, 0.2) is 76.0 Å². The zero-order valence-electron chi connectivity index (χ0n) is 20.1. The van der Waals surface area contributed by atoms with Crippen LogP contribution in [0.25, 0.3) is 11.8 Å². The van der Waals surface area contributed by atoms with Gasteiger partial charge in [-0.3, -0.25) is 19.5 Å². The van der Waals surface area contributed by atoms with Gasteiger partial charge in [0.25, 0.3) is 5.56 Å². The summed E-state index contributed by atoms with van der Waals surface area (Å²) >= 11 is 3.09. The molecule has 4 aromatic rings. The van der Waals surface area contributed by atoms with E-state index in [-0.39, 0.29) is 5.56 Å². The number of rotatable bonds is 4. The largest absolute Gasteiger partial charge is 0.501 e. The number of ether oxygens (including phenoxy) is 1. The number of nitrogens with zero attached hydrogens (tertiary/aromatic N) is 3. The van der Waals surface area contributed by atoms with Crippen molar-refractivity contribution in [3.8, 4) is 11.5 Å². The molecule has 0 saturated carbocycles. The minimum absolute atomic E-state index is 0.235. The number of halogens is 1. The summed E-state index contributed by atoms with van der Waals surface area (Å²) in [5.41, 5.74) is 4.91. The van der Waals surface area contributed by atoms with Crippen LogP contribution in [0, 0.1) is 13.7 Å². The number of thiazole rings is 1. The third kappa shape index (κ3) is 3.95. The maximum absolute atomic E-state index is 13.9. The fourth-order valence-corrected chi connectivity index (χ4v) is 6.81. The first-order valence-electron chi connectivity index (χ1n) is 11.8. The van der Waals surface area contributed by atoms with Crippen molar-refractivity contribution in [2.24, 2.45) is 4.99 Å². The van der Waals surface area contributed by atoms with E-state index in [0.717, 1.165) is 35.2 Å². The molecule has 1 aromatic heterocycles. The predicted octanol–water partition coefficient (Wildman–Crippen LogP) is 4.55. The quantitative estimate of drug-likeness (QED) is 0.201. The van der Waals surface area contributed by atoms with Gasteiger partial charge in [0.05, 0.1) is 31.9 Å². The van der Waals surface area contributed by atoms with E-state index < -0.39 is 22.4 Å². The van der Waals surface area contributed by atoms with Crippen molar-refractivity contribution in [3.05, 3.63) is 122 Å². The number of hydrogen-bond donors (Lipinski definition) is 1. The smallest absolute Gasteiger partial charge is 0.312 e. The average molecular weight is 637 g/mol. The molecule has 0 fully saturated rings. The standard InChI is InChI=1S/C28H20IN3O5S/c1-37-22-9-5-4-8-18(22)25-19-11-10-16-6-2-3-7-17(16)24(19)30-28-31(25)27(34)23(38-28)14-15-12-20(29)26(33)21(13-15)32(35)36/h2-9,12-14,25,33H,10-11H2,1H3/b23-14+/t25-/m0/s1. The maximum atomic E-state index is 13.9. The minimum Gasteiger partial charge on any atom is -0.501 e. The van der Waals surface area contributed by atoms with Crippen LogP contribution in [-0.2, 0) is 6.42 Å². The highest BCUT2D eigenvalue weighted by Gasteiger charge is 2.34. The topological polar surface area (TPSA) is 107 Å². The molecule has 38 heavy (non-hydrogen) atoms. The molecule has 0 radical (unpaired) electrons. The molecule has 1 atom stereocenters. The highest BCUT2D eigenvalue weighted by molar-refractivity contribution is 14.1. The first-order valence-corrected chi connectivity index (χ1v) is 13.7. The Kier molecular flexibility index (Phi) is 6.15. The second kappa shape index (κ2) is 9.52. The Morgan fingerprint density at radius 3 is 2.74 bits per heavy atom. The Bertz CT molecular complexity index is 1860. The van der Waals surface area contributed by atoms with Gasteiger partial charge in [0.1, 0.15) is 5.75 Å². The number of phenolic OH excluding ortho intramolecular Hbond substituents is 1. The normalized spacial score (nSPS) is 16.4. The number of methoxy groups -OCH3 is 1. The molecule has 0 amide bonds. The summed E-state index contributed by atoms with van der Waals surface area (Å²) in [6.45, 7) is 0. The fraction of sp³-hybridized carbons (Fsp3) is 0.143. The number of aromatic hydroxyl groups is 1. The molecule has 2 heterocycles. The predicted molar refractivity (Wildman–Crippen MR) is 153 cm³/mol. The Morgan fingerprint density at radius 2 is 1.95 bits per heavy atom. The van der Waals surface area contributed by atoms with Crippen molar-refractivity contribution in [1.29, 1.82) is 0 Å². The molecule has 6 rings (SSSR count). The molecule has 2 aliphatic rings. The molecule has 10 heteroatoms. The monoisotopic (exact) mass is 637 g/mol. The lowest BCUT2D eigenvalue weighted by molar-refractivity contribution is -0.386. The van der Waals surface area contributed by atoms with E-state index in [4.69, 9.17) is 9.73 Å². The Balaban J connectivity index is 1.63. The van der Waals surface area contributed by atoms with Crippen LogP contribution >= 0.6 is 33.9 Å². The maximum Gasteiger partial charge on any atom is 0.312 e. The molecule has 0 spiro atoms. The van der Waals surface area contributed by atoms with E-state index in [1.165, 1.54) is 23.0 Å². The van der Waals surface area contributed by atoms with Crippen LogP contribution in [-0.4, -0.2) is 21.7 Å². The molecule has 0 saturated heterocycles. The second-order valence-corrected chi connectivity index (χ2v) is 11.2. The van der Waals surface area contributed by atoms with Crippen molar-refractivity contribution in [2.45, 2.75) is 18.9 Å². The molecule has 8 nitrogen and oxygen atoms in total. The van der Waals surface area contributed by atoms with E-state index in [1.807, 2.05) is 59.0 Å². The molecule has 0 unspecified atom stereocenters. The Hall–Kier alpha value is -3.77. The van der Waals surface area contributed by atoms with Crippen molar-refractivity contribution < 1.29 is 14.8 Å². The average Bonchev–Trinajstić information content (AvgIpc) is 3.23. The van der Waals surface area contributed by atoms with Crippen molar-refractivity contribution in [2.75, 3.05) is 7.11 Å². The SMILES string of the molecule is COc1ccccc1[C@H]1C2=C(N=c3s/c(=C/c4cc(I)c(O)c([N+](=O)[O-])c4)c(=O)n31)c1ccccc1CC2. The van der Waals surface area contributed by atoms with Gasteiger partial charge < -0.3 is 9.84 Å². The van der Waals surface area contributed by atoms with Crippen molar-refractivity contribution >= 4 is 51.4 Å². The summed E-state index contributed by atoms with van der Waals surface area (Å²) in [5, 5.41) is 21.5. The summed E-state index contributed by atoms with van der Waals surface area (Å²) in [6.07, 6.45) is 3.22. The number of aromatic nitrogens is 1. The zero-order chi connectivity index (χ0) is 26.6. The van der Waals surface area contributed by atoms with E-state index >= 15 is 0 Å². The van der Waals surface area contributed by atoms with E-state index in [2.05, 4.69) is 12.1 Å². The van der Waals surface area contributed by atoms with Gasteiger partial charge in [-0.25, -0.2) is 4.99 Å². The number of allylic oxidation sites excluding steroid dienone is 1. The highest BCUT2D eigenvalue weighted by Crippen LogP contribution is 2.43. The van der Waals surface area contributed by atoms with Gasteiger partial charge >= 0.3 is 5.69 Å². The van der Waals surface area contributed by atoms with Crippen LogP contribution in [0.3, 0.4) is 0 Å². The molecule has 1 aliphatic heterocycles. The second-order valence-electron chi connectivity index (χ2n) is 8.98. The van der Waals surface area contributed by atoms with Crippen molar-refractivity contribution in [1.82, 2.24) is 4.57 Å². The summed E-state index contributed by atoms with van der Waals surface area (Å²) in [7, 11) is 1.62. The third-order valence-corrected chi connectivity index (χ3v) is 8.67. The number of nitro groups is 1. The molecule has 3 aromatic carbocycles. The molecule has 1 N–H and O–H groups in total. The molecular formula is C28H20IN3O5S. The first kappa shape index (κ1) is 24.6. The summed E-state index contributed by atoms with van der Waals surface area (Å²) < 4.78 is 8.14. The Morgan fingerprint density at radius 1 is 1.18 bits per heavy atom. The van der Waals surface area contributed by atoms with Crippen molar-refractivity contribution in [3.63, 3.8) is 0 Å². The molecular weight excluding hydrogens is 617 g/mol. The van der Waals surface area contributed by atoms with Crippen LogP contribution < -0.4 is 19.6 Å². The number of nitro benzene ring substituents is 1. The number of fused-ring (bicyclic) bond motifs is 3. The lowest BCUT2D eigenvalue weighted by atomic mass is 9.83. The number of aryl methyl sites for hydroxylation is 1. The third-order valence-electron chi connectivity index (χ3n) is 6.87. The molecule has 0 bridgehead atoms. The first-order chi connectivity index (χ1) is 18.4. The van der Waals surface area contributed by atoms with Crippen LogP contribution in [0.5, 0.6) is 11.5 Å². The van der Waals surface area contributed by atoms with Crippen LogP contribution in [0.4, 0.5) is 5.69 Å². The van der Waals surface area contributed by atoms with Gasteiger partial charge in [-0.15, -0.1) is 0 Å². The van der Waals surface area contributed by atoms with Crippen LogP contribution in [0.1, 0.15) is 34.7 Å². The van der Waals surface area contributed by atoms with Gasteiger partial charge in [0.2, 0.25) is 5.75 Å². The van der Waals surface area contributed by atoms with Gasteiger partial charge in [-0.2, -0.15) is 0 Å². The summed E-state index contributed by atoms with van der Waals surface area (Å²) in [5.74, 6) is 0.292. The number of para-hydroxylation sites is 1. The summed E-state index contributed by atoms with van der Waals surface area (Å²) in [4.78, 5) is 30.3. The highest BCUT2D eigenvalue weighted by atomic mass is 127. The number of hydrogen-bond acceptors (Lipinski definition) is 7. The van der Waals surface area contributed by atoms with Gasteiger partial charge in [-0.1, -0.05) is 53.8 Å². The lowest BCUT2D eigenvalue weighted by Crippen LogP contribution is -2.39. The number of benzene rings is 3. The molecule has 190 valence electrons. The molecule has 1 aliphatic carbocycles. The van der Waals surface area contributed by atoms with E-state index in [0.29, 0.717) is 24.2 Å². The lowest BCUT2D eigenvalue weighted by Gasteiger charge is -2.31. The van der Waals surface area contributed by atoms with Gasteiger partial charge in [-0.05, 0) is 70.3 Å². The zero-order valence-corrected chi connectivity index (χ0v) is 23.0. The van der Waals surface area contributed by atoms with Gasteiger partial charge in [0.15, 0.2) is 4.80 Å². The van der Waals surface area contributed by atoms with Crippen LogP contribution in [0.2, 0.25) is 0 Å². The summed E-state index contributed by atoms with van der Waals surface area (Å²) in [6, 6.07) is 18.4. The van der Waals surface area contributed by atoms with Gasteiger partial charge in [0, 0.05) is 17.2 Å². The Labute approximate surface area is 234 Å². The number of phenols is 1.